The summed E-state index contributed by atoms with van der Waals surface area (Å²) >= 11 is 8.48. The van der Waals surface area contributed by atoms with E-state index in [4.69, 9.17) is 11.6 Å². The molecule has 0 amide bonds. The van der Waals surface area contributed by atoms with Crippen molar-refractivity contribution in [2.24, 2.45) is 0 Å². The predicted octanol–water partition coefficient (Wildman–Crippen LogP) is 4.84. The standard InChI is InChI=1S/C16H17ClIN/c1-19-16(10-7-12-5-3-2-4-6-12)14-11-13(17)8-9-15(14)18/h2-6,8-9,11,16,19H,7,10H2,1H3. The van der Waals surface area contributed by atoms with Gasteiger partial charge >= 0.3 is 0 Å². The highest BCUT2D eigenvalue weighted by Gasteiger charge is 2.13. The average Bonchev–Trinajstić information content (AvgIpc) is 2.44. The van der Waals surface area contributed by atoms with Crippen molar-refractivity contribution in [3.63, 3.8) is 0 Å². The predicted molar refractivity (Wildman–Crippen MR) is 90.7 cm³/mol. The minimum absolute atomic E-state index is 0.339. The fourth-order valence-electron chi connectivity index (χ4n) is 2.19. The lowest BCUT2D eigenvalue weighted by molar-refractivity contribution is 0.547. The van der Waals surface area contributed by atoms with Crippen molar-refractivity contribution in [3.05, 3.63) is 68.3 Å². The topological polar surface area (TPSA) is 12.0 Å². The van der Waals surface area contributed by atoms with E-state index in [0.717, 1.165) is 17.9 Å². The van der Waals surface area contributed by atoms with Crippen LogP contribution < -0.4 is 5.32 Å². The van der Waals surface area contributed by atoms with Gasteiger partial charge in [0.2, 0.25) is 0 Å². The zero-order valence-corrected chi connectivity index (χ0v) is 13.8. The Kier molecular flexibility index (Phi) is 5.67. The lowest BCUT2D eigenvalue weighted by Crippen LogP contribution is -2.18. The van der Waals surface area contributed by atoms with Crippen LogP contribution in [0.15, 0.2) is 48.5 Å². The van der Waals surface area contributed by atoms with Crippen molar-refractivity contribution >= 4 is 34.2 Å². The molecule has 0 bridgehead atoms. The van der Waals surface area contributed by atoms with Crippen LogP contribution in [0.5, 0.6) is 0 Å². The molecule has 0 aromatic heterocycles. The van der Waals surface area contributed by atoms with Crippen LogP contribution in [0, 0.1) is 3.57 Å². The summed E-state index contributed by atoms with van der Waals surface area (Å²) in [5, 5.41) is 4.19. The maximum atomic E-state index is 6.10. The van der Waals surface area contributed by atoms with Crippen molar-refractivity contribution in [1.29, 1.82) is 0 Å². The lowest BCUT2D eigenvalue weighted by atomic mass is 9.99. The van der Waals surface area contributed by atoms with Gasteiger partial charge in [0, 0.05) is 14.6 Å². The van der Waals surface area contributed by atoms with Gasteiger partial charge < -0.3 is 5.32 Å². The first-order valence-electron chi connectivity index (χ1n) is 6.37. The van der Waals surface area contributed by atoms with Crippen molar-refractivity contribution in [2.45, 2.75) is 18.9 Å². The van der Waals surface area contributed by atoms with Crippen LogP contribution >= 0.6 is 34.2 Å². The maximum Gasteiger partial charge on any atom is 0.0410 e. The quantitative estimate of drug-likeness (QED) is 0.726. The van der Waals surface area contributed by atoms with Crippen molar-refractivity contribution in [2.75, 3.05) is 7.05 Å². The van der Waals surface area contributed by atoms with Crippen LogP contribution in [-0.4, -0.2) is 7.05 Å². The fourth-order valence-corrected chi connectivity index (χ4v) is 3.08. The Morgan fingerprint density at radius 3 is 2.58 bits per heavy atom. The summed E-state index contributed by atoms with van der Waals surface area (Å²) in [6.07, 6.45) is 2.13. The summed E-state index contributed by atoms with van der Waals surface area (Å²) in [5.41, 5.74) is 2.66. The molecule has 1 unspecified atom stereocenters. The van der Waals surface area contributed by atoms with Crippen LogP contribution in [0.2, 0.25) is 5.02 Å². The Morgan fingerprint density at radius 2 is 1.89 bits per heavy atom. The summed E-state index contributed by atoms with van der Waals surface area (Å²) in [6, 6.07) is 17.0. The van der Waals surface area contributed by atoms with Gasteiger partial charge in [-0.05, 0) is 71.8 Å². The monoisotopic (exact) mass is 385 g/mol. The molecule has 3 heteroatoms. The Bertz CT molecular complexity index is 528. The van der Waals surface area contributed by atoms with E-state index < -0.39 is 0 Å². The van der Waals surface area contributed by atoms with E-state index in [9.17, 15) is 0 Å². The normalized spacial score (nSPS) is 12.4. The van der Waals surface area contributed by atoms with E-state index in [1.54, 1.807) is 0 Å². The number of nitrogens with one attached hydrogen (secondary N) is 1. The molecule has 0 aliphatic heterocycles. The molecule has 0 saturated heterocycles. The Hall–Kier alpha value is -0.580. The zero-order chi connectivity index (χ0) is 13.7. The average molecular weight is 386 g/mol. The molecule has 0 saturated carbocycles. The molecule has 0 aliphatic carbocycles. The number of hydrogen-bond acceptors (Lipinski definition) is 1. The molecule has 1 atom stereocenters. The number of aryl methyl sites for hydroxylation is 1. The molecule has 100 valence electrons. The highest BCUT2D eigenvalue weighted by atomic mass is 127. The fraction of sp³-hybridized carbons (Fsp3) is 0.250. The SMILES string of the molecule is CNC(CCc1ccccc1)c1cc(Cl)ccc1I. The largest absolute Gasteiger partial charge is 0.313 e. The third-order valence-electron chi connectivity index (χ3n) is 3.25. The highest BCUT2D eigenvalue weighted by molar-refractivity contribution is 14.1. The minimum atomic E-state index is 0.339. The van der Waals surface area contributed by atoms with Gasteiger partial charge in [0.15, 0.2) is 0 Å². The molecule has 0 radical (unpaired) electrons. The van der Waals surface area contributed by atoms with Gasteiger partial charge in [0.1, 0.15) is 0 Å². The Balaban J connectivity index is 2.10. The molecule has 1 N–H and O–H groups in total. The van der Waals surface area contributed by atoms with E-state index in [0.29, 0.717) is 6.04 Å². The molecule has 0 aliphatic rings. The zero-order valence-electron chi connectivity index (χ0n) is 10.9. The molecule has 19 heavy (non-hydrogen) atoms. The first-order chi connectivity index (χ1) is 9.20. The van der Waals surface area contributed by atoms with Gasteiger partial charge in [-0.2, -0.15) is 0 Å². The Morgan fingerprint density at radius 1 is 1.16 bits per heavy atom. The molecule has 0 heterocycles. The summed E-state index contributed by atoms with van der Waals surface area (Å²) in [6.45, 7) is 0. The second-order valence-electron chi connectivity index (χ2n) is 4.53. The van der Waals surface area contributed by atoms with Crippen LogP contribution in [-0.2, 0) is 6.42 Å². The minimum Gasteiger partial charge on any atom is -0.313 e. The first kappa shape index (κ1) is 14.8. The number of benzene rings is 2. The maximum absolute atomic E-state index is 6.10. The first-order valence-corrected chi connectivity index (χ1v) is 7.82. The van der Waals surface area contributed by atoms with Gasteiger partial charge in [-0.15, -0.1) is 0 Å². The van der Waals surface area contributed by atoms with E-state index in [1.807, 2.05) is 13.1 Å². The summed E-state index contributed by atoms with van der Waals surface area (Å²) in [5.74, 6) is 0. The number of rotatable bonds is 5. The molecule has 0 fully saturated rings. The van der Waals surface area contributed by atoms with Crippen LogP contribution in [0.25, 0.3) is 0 Å². The van der Waals surface area contributed by atoms with Crippen molar-refractivity contribution in [1.82, 2.24) is 5.32 Å². The van der Waals surface area contributed by atoms with Gasteiger partial charge in [-0.25, -0.2) is 0 Å². The third kappa shape index (κ3) is 4.20. The molecule has 2 aromatic rings. The van der Waals surface area contributed by atoms with Crippen molar-refractivity contribution in [3.8, 4) is 0 Å². The highest BCUT2D eigenvalue weighted by Crippen LogP contribution is 2.26. The van der Waals surface area contributed by atoms with E-state index >= 15 is 0 Å². The molecule has 0 spiro atoms. The lowest BCUT2D eigenvalue weighted by Gasteiger charge is -2.18. The summed E-state index contributed by atoms with van der Waals surface area (Å²) in [4.78, 5) is 0. The van der Waals surface area contributed by atoms with Gasteiger partial charge in [-0.1, -0.05) is 41.9 Å². The van der Waals surface area contributed by atoms with E-state index in [2.05, 4.69) is 70.4 Å². The second kappa shape index (κ2) is 7.27. The molecule has 2 rings (SSSR count). The van der Waals surface area contributed by atoms with Crippen LogP contribution in [0.4, 0.5) is 0 Å². The third-order valence-corrected chi connectivity index (χ3v) is 4.46. The van der Waals surface area contributed by atoms with E-state index in [-0.39, 0.29) is 0 Å². The van der Waals surface area contributed by atoms with Crippen molar-refractivity contribution < 1.29 is 0 Å². The van der Waals surface area contributed by atoms with Gasteiger partial charge in [0.05, 0.1) is 0 Å². The molecule has 1 nitrogen and oxygen atoms in total. The smallest absolute Gasteiger partial charge is 0.0410 e. The summed E-state index contributed by atoms with van der Waals surface area (Å²) < 4.78 is 1.26. The van der Waals surface area contributed by atoms with Gasteiger partial charge in [0.25, 0.3) is 0 Å². The van der Waals surface area contributed by atoms with Crippen LogP contribution in [0.1, 0.15) is 23.6 Å². The molecule has 2 aromatic carbocycles. The summed E-state index contributed by atoms with van der Waals surface area (Å²) in [7, 11) is 2.01. The second-order valence-corrected chi connectivity index (χ2v) is 6.13. The van der Waals surface area contributed by atoms with Crippen LogP contribution in [0.3, 0.4) is 0 Å². The molecular formula is C16H17ClIN. The Labute approximate surface area is 133 Å². The number of halogens is 2. The molecular weight excluding hydrogens is 369 g/mol. The van der Waals surface area contributed by atoms with Gasteiger partial charge in [-0.3, -0.25) is 0 Å². The number of hydrogen-bond donors (Lipinski definition) is 1. The van der Waals surface area contributed by atoms with E-state index in [1.165, 1.54) is 14.7 Å².